The van der Waals surface area contributed by atoms with Gasteiger partial charge in [0, 0.05) is 18.8 Å². The topological polar surface area (TPSA) is 62.2 Å². The molecular weight excluding hydrogens is 302 g/mol. The third kappa shape index (κ3) is 3.88. The van der Waals surface area contributed by atoms with E-state index in [1.54, 1.807) is 0 Å². The zero-order chi connectivity index (χ0) is 15.4. The second kappa shape index (κ2) is 6.49. The molecule has 0 aliphatic heterocycles. The van der Waals surface area contributed by atoms with Gasteiger partial charge < -0.3 is 10.4 Å². The quantitative estimate of drug-likeness (QED) is 0.888. The Morgan fingerprint density at radius 1 is 1.29 bits per heavy atom. The standard InChI is InChI=1S/C14H11ClF2N2O2/c15-12-11(14(20)21)2-4-19-13(12)18-3-1-8-5-9(16)7-10(17)6-8/h2,4-7H,1,3H2,(H,18,19)(H,20,21). The van der Waals surface area contributed by atoms with Crippen molar-refractivity contribution >= 4 is 23.4 Å². The van der Waals surface area contributed by atoms with Crippen molar-refractivity contribution < 1.29 is 18.7 Å². The van der Waals surface area contributed by atoms with E-state index in [1.165, 1.54) is 24.4 Å². The first-order chi connectivity index (χ1) is 9.97. The van der Waals surface area contributed by atoms with E-state index < -0.39 is 17.6 Å². The summed E-state index contributed by atoms with van der Waals surface area (Å²) in [6.07, 6.45) is 1.66. The SMILES string of the molecule is O=C(O)c1ccnc(NCCc2cc(F)cc(F)c2)c1Cl. The first-order valence-electron chi connectivity index (χ1n) is 6.04. The summed E-state index contributed by atoms with van der Waals surface area (Å²) >= 11 is 5.91. The average molecular weight is 313 g/mol. The zero-order valence-electron chi connectivity index (χ0n) is 10.7. The highest BCUT2D eigenvalue weighted by molar-refractivity contribution is 6.35. The second-order valence-corrected chi connectivity index (χ2v) is 4.66. The summed E-state index contributed by atoms with van der Waals surface area (Å²) in [5.41, 5.74) is 0.413. The lowest BCUT2D eigenvalue weighted by molar-refractivity contribution is 0.0697. The molecule has 0 aliphatic rings. The lowest BCUT2D eigenvalue weighted by atomic mass is 10.1. The van der Waals surface area contributed by atoms with Crippen molar-refractivity contribution in [1.29, 1.82) is 0 Å². The first-order valence-corrected chi connectivity index (χ1v) is 6.42. The number of anilines is 1. The molecule has 1 aromatic carbocycles. The highest BCUT2D eigenvalue weighted by Crippen LogP contribution is 2.23. The Labute approximate surface area is 124 Å². The molecule has 21 heavy (non-hydrogen) atoms. The Hall–Kier alpha value is -2.21. The fourth-order valence-corrected chi connectivity index (χ4v) is 2.07. The summed E-state index contributed by atoms with van der Waals surface area (Å²) in [6, 6.07) is 4.55. The summed E-state index contributed by atoms with van der Waals surface area (Å²) in [7, 11) is 0. The molecule has 0 fully saturated rings. The monoisotopic (exact) mass is 312 g/mol. The van der Waals surface area contributed by atoms with Gasteiger partial charge in [0.25, 0.3) is 0 Å². The van der Waals surface area contributed by atoms with Gasteiger partial charge in [0.2, 0.25) is 0 Å². The second-order valence-electron chi connectivity index (χ2n) is 4.28. The number of benzene rings is 1. The lowest BCUT2D eigenvalue weighted by Gasteiger charge is -2.09. The van der Waals surface area contributed by atoms with Crippen LogP contribution < -0.4 is 5.32 Å². The highest BCUT2D eigenvalue weighted by Gasteiger charge is 2.12. The molecule has 110 valence electrons. The van der Waals surface area contributed by atoms with E-state index in [0.717, 1.165) is 6.07 Å². The van der Waals surface area contributed by atoms with Crippen molar-refractivity contribution in [3.63, 3.8) is 0 Å². The summed E-state index contributed by atoms with van der Waals surface area (Å²) < 4.78 is 26.0. The molecule has 0 unspecified atom stereocenters. The Bertz CT molecular complexity index is 660. The van der Waals surface area contributed by atoms with Crippen molar-refractivity contribution in [3.8, 4) is 0 Å². The number of rotatable bonds is 5. The molecule has 2 rings (SSSR count). The first kappa shape index (κ1) is 15.2. The summed E-state index contributed by atoms with van der Waals surface area (Å²) in [4.78, 5) is 14.9. The van der Waals surface area contributed by atoms with Crippen LogP contribution in [0.5, 0.6) is 0 Å². The zero-order valence-corrected chi connectivity index (χ0v) is 11.5. The largest absolute Gasteiger partial charge is 0.478 e. The van der Waals surface area contributed by atoms with E-state index in [9.17, 15) is 13.6 Å². The van der Waals surface area contributed by atoms with Gasteiger partial charge >= 0.3 is 5.97 Å². The van der Waals surface area contributed by atoms with Gasteiger partial charge in [-0.15, -0.1) is 0 Å². The normalized spacial score (nSPS) is 10.4. The molecular formula is C14H11ClF2N2O2. The van der Waals surface area contributed by atoms with Crippen molar-refractivity contribution in [2.24, 2.45) is 0 Å². The number of carbonyl (C=O) groups is 1. The van der Waals surface area contributed by atoms with Crippen LogP contribution in [0.2, 0.25) is 5.02 Å². The Balaban J connectivity index is 2.04. The van der Waals surface area contributed by atoms with Crippen LogP contribution in [0.15, 0.2) is 30.5 Å². The molecule has 0 atom stereocenters. The van der Waals surface area contributed by atoms with E-state index in [0.29, 0.717) is 18.5 Å². The molecule has 2 N–H and O–H groups in total. The number of nitrogens with zero attached hydrogens (tertiary/aromatic N) is 1. The molecule has 0 saturated heterocycles. The van der Waals surface area contributed by atoms with E-state index in [4.69, 9.17) is 16.7 Å². The smallest absolute Gasteiger partial charge is 0.337 e. The van der Waals surface area contributed by atoms with Crippen molar-refractivity contribution in [2.75, 3.05) is 11.9 Å². The van der Waals surface area contributed by atoms with Gasteiger partial charge in [0.15, 0.2) is 0 Å². The predicted molar refractivity (Wildman–Crippen MR) is 74.8 cm³/mol. The molecule has 4 nitrogen and oxygen atoms in total. The van der Waals surface area contributed by atoms with Crippen LogP contribution in [0.1, 0.15) is 15.9 Å². The maximum Gasteiger partial charge on any atom is 0.337 e. The van der Waals surface area contributed by atoms with Gasteiger partial charge in [-0.2, -0.15) is 0 Å². The molecule has 0 amide bonds. The summed E-state index contributed by atoms with van der Waals surface area (Å²) in [6.45, 7) is 0.304. The number of hydrogen-bond acceptors (Lipinski definition) is 3. The molecule has 0 aliphatic carbocycles. The van der Waals surface area contributed by atoms with Crippen molar-refractivity contribution in [3.05, 3.63) is 58.2 Å². The lowest BCUT2D eigenvalue weighted by Crippen LogP contribution is -2.09. The average Bonchev–Trinajstić information content (AvgIpc) is 2.39. The molecule has 1 aromatic heterocycles. The maximum atomic E-state index is 13.0. The fraction of sp³-hybridized carbons (Fsp3) is 0.143. The van der Waals surface area contributed by atoms with Crippen LogP contribution in [0, 0.1) is 11.6 Å². The number of carboxylic acid groups (broad SMARTS) is 1. The van der Waals surface area contributed by atoms with E-state index >= 15 is 0 Å². The van der Waals surface area contributed by atoms with Crippen LogP contribution in [-0.4, -0.2) is 22.6 Å². The van der Waals surface area contributed by atoms with E-state index in [-0.39, 0.29) is 16.4 Å². The van der Waals surface area contributed by atoms with Crippen molar-refractivity contribution in [2.45, 2.75) is 6.42 Å². The van der Waals surface area contributed by atoms with E-state index in [2.05, 4.69) is 10.3 Å². The van der Waals surface area contributed by atoms with Crippen LogP contribution in [0.3, 0.4) is 0 Å². The third-order valence-corrected chi connectivity index (χ3v) is 3.13. The molecule has 7 heteroatoms. The molecule has 0 spiro atoms. The number of hydrogen-bond donors (Lipinski definition) is 2. The van der Waals surface area contributed by atoms with Gasteiger partial charge in [-0.3, -0.25) is 0 Å². The van der Waals surface area contributed by atoms with Crippen LogP contribution >= 0.6 is 11.6 Å². The minimum Gasteiger partial charge on any atom is -0.478 e. The minimum atomic E-state index is -1.15. The molecule has 0 radical (unpaired) electrons. The van der Waals surface area contributed by atoms with Gasteiger partial charge in [0.05, 0.1) is 10.6 Å². The predicted octanol–water partition coefficient (Wildman–Crippen LogP) is 3.37. The van der Waals surface area contributed by atoms with E-state index in [1.807, 2.05) is 0 Å². The Kier molecular flexibility index (Phi) is 4.70. The summed E-state index contributed by atoms with van der Waals surface area (Å²) in [5, 5.41) is 11.8. The van der Waals surface area contributed by atoms with Crippen LogP contribution in [0.4, 0.5) is 14.6 Å². The number of aromatic carboxylic acids is 1. The maximum absolute atomic E-state index is 13.0. The number of carboxylic acids is 1. The van der Waals surface area contributed by atoms with Crippen LogP contribution in [0.25, 0.3) is 0 Å². The number of nitrogens with one attached hydrogen (secondary N) is 1. The molecule has 1 heterocycles. The van der Waals surface area contributed by atoms with Gasteiger partial charge in [-0.25, -0.2) is 18.6 Å². The molecule has 0 bridgehead atoms. The third-order valence-electron chi connectivity index (χ3n) is 2.75. The molecule has 0 saturated carbocycles. The van der Waals surface area contributed by atoms with Gasteiger partial charge in [-0.05, 0) is 30.2 Å². The Morgan fingerprint density at radius 3 is 2.57 bits per heavy atom. The van der Waals surface area contributed by atoms with Crippen LogP contribution in [-0.2, 0) is 6.42 Å². The van der Waals surface area contributed by atoms with Gasteiger partial charge in [-0.1, -0.05) is 11.6 Å². The Morgan fingerprint density at radius 2 is 1.95 bits per heavy atom. The summed E-state index contributed by atoms with van der Waals surface area (Å²) in [5.74, 6) is -2.23. The number of aromatic nitrogens is 1. The fourth-order valence-electron chi connectivity index (χ4n) is 1.81. The molecule has 2 aromatic rings. The number of pyridine rings is 1. The highest BCUT2D eigenvalue weighted by atomic mass is 35.5. The number of halogens is 3. The van der Waals surface area contributed by atoms with Crippen molar-refractivity contribution in [1.82, 2.24) is 4.98 Å². The minimum absolute atomic E-state index is 0.00424. The van der Waals surface area contributed by atoms with Gasteiger partial charge in [0.1, 0.15) is 17.5 Å².